The van der Waals surface area contributed by atoms with Crippen LogP contribution in [0, 0.1) is 0 Å². The number of benzene rings is 2. The Labute approximate surface area is 213 Å². The Balaban J connectivity index is 1.39. The Morgan fingerprint density at radius 2 is 1.86 bits per heavy atom. The van der Waals surface area contributed by atoms with E-state index in [0.29, 0.717) is 28.4 Å². The van der Waals surface area contributed by atoms with Crippen molar-refractivity contribution in [3.05, 3.63) is 70.2 Å². The highest BCUT2D eigenvalue weighted by Gasteiger charge is 2.30. The Kier molecular flexibility index (Phi) is 8.77. The number of anilines is 1. The number of aliphatic hydroxyl groups is 1. The standard InChI is InChI=1S/C27H30F3N3O2S/c28-27(29,30)21-8-6-7-20(17-21)22-9-2-3-10-23(22)31-25(35)24-18-36-26(32-24)19-11-14-33(15-12-19)13-4-1-5-16-34/h2-3,6-10,17-19,34H,1,4-5,11-16H2,(H,31,35). The first-order valence-corrected chi connectivity index (χ1v) is 13.1. The summed E-state index contributed by atoms with van der Waals surface area (Å²) in [6.45, 7) is 3.28. The highest BCUT2D eigenvalue weighted by molar-refractivity contribution is 7.10. The van der Waals surface area contributed by atoms with E-state index >= 15 is 0 Å². The Morgan fingerprint density at radius 3 is 2.61 bits per heavy atom. The Morgan fingerprint density at radius 1 is 1.08 bits per heavy atom. The quantitative estimate of drug-likeness (QED) is 0.321. The lowest BCUT2D eigenvalue weighted by Gasteiger charge is -2.31. The lowest BCUT2D eigenvalue weighted by atomic mass is 9.97. The third-order valence-electron chi connectivity index (χ3n) is 6.50. The number of para-hydroxylation sites is 1. The molecule has 2 aromatic carbocycles. The molecule has 9 heteroatoms. The van der Waals surface area contributed by atoms with Crippen molar-refractivity contribution in [2.45, 2.75) is 44.2 Å². The van der Waals surface area contributed by atoms with Crippen LogP contribution in [0.3, 0.4) is 0 Å². The minimum absolute atomic E-state index is 0.249. The molecule has 0 spiro atoms. The first-order valence-electron chi connectivity index (χ1n) is 12.2. The summed E-state index contributed by atoms with van der Waals surface area (Å²) in [7, 11) is 0. The molecule has 0 unspecified atom stereocenters. The van der Waals surface area contributed by atoms with Gasteiger partial charge in [-0.1, -0.05) is 30.3 Å². The van der Waals surface area contributed by atoms with E-state index < -0.39 is 11.7 Å². The van der Waals surface area contributed by atoms with Gasteiger partial charge in [-0.25, -0.2) is 4.98 Å². The van der Waals surface area contributed by atoms with Gasteiger partial charge in [-0.2, -0.15) is 13.2 Å². The molecule has 192 valence electrons. The maximum Gasteiger partial charge on any atom is 0.416 e. The van der Waals surface area contributed by atoms with E-state index in [1.807, 2.05) is 0 Å². The number of halogens is 3. The number of nitrogens with zero attached hydrogens (tertiary/aromatic N) is 2. The van der Waals surface area contributed by atoms with Gasteiger partial charge in [0.05, 0.1) is 10.6 Å². The number of hydrogen-bond donors (Lipinski definition) is 2. The molecular formula is C27H30F3N3O2S. The number of carbonyl (C=O) groups excluding carboxylic acids is 1. The van der Waals surface area contributed by atoms with Gasteiger partial charge in [-0.15, -0.1) is 11.3 Å². The molecule has 1 aromatic heterocycles. The van der Waals surface area contributed by atoms with Crippen LogP contribution in [0.2, 0.25) is 0 Å². The molecule has 1 aliphatic heterocycles. The summed E-state index contributed by atoms with van der Waals surface area (Å²) in [4.78, 5) is 20.0. The van der Waals surface area contributed by atoms with E-state index in [1.165, 1.54) is 17.4 Å². The van der Waals surface area contributed by atoms with Crippen LogP contribution in [0.25, 0.3) is 11.1 Å². The van der Waals surface area contributed by atoms with Gasteiger partial charge in [-0.3, -0.25) is 4.79 Å². The molecule has 1 fully saturated rings. The number of rotatable bonds is 9. The number of carbonyl (C=O) groups is 1. The van der Waals surface area contributed by atoms with Gasteiger partial charge in [0.1, 0.15) is 5.69 Å². The van der Waals surface area contributed by atoms with Gasteiger partial charge in [0.25, 0.3) is 5.91 Å². The molecular weight excluding hydrogens is 487 g/mol. The molecule has 1 amide bonds. The minimum atomic E-state index is -4.44. The molecule has 36 heavy (non-hydrogen) atoms. The smallest absolute Gasteiger partial charge is 0.396 e. The number of amides is 1. The van der Waals surface area contributed by atoms with Gasteiger partial charge in [0.2, 0.25) is 0 Å². The largest absolute Gasteiger partial charge is 0.416 e. The SMILES string of the molecule is O=C(Nc1ccccc1-c1cccc(C(F)(F)F)c1)c1csc(C2CCN(CCCCCO)CC2)n1. The van der Waals surface area contributed by atoms with Crippen LogP contribution in [0.15, 0.2) is 53.9 Å². The summed E-state index contributed by atoms with van der Waals surface area (Å²) < 4.78 is 39.6. The van der Waals surface area contributed by atoms with Gasteiger partial charge in [-0.05, 0) is 75.5 Å². The lowest BCUT2D eigenvalue weighted by Crippen LogP contribution is -2.33. The second kappa shape index (κ2) is 12.0. The molecule has 3 aromatic rings. The summed E-state index contributed by atoms with van der Waals surface area (Å²) in [6.07, 6.45) is 0.527. The average molecular weight is 518 g/mol. The van der Waals surface area contributed by atoms with E-state index in [9.17, 15) is 18.0 Å². The lowest BCUT2D eigenvalue weighted by molar-refractivity contribution is -0.137. The molecule has 0 bridgehead atoms. The number of thiazole rings is 1. The number of hydrogen-bond acceptors (Lipinski definition) is 5. The second-order valence-electron chi connectivity index (χ2n) is 9.05. The first-order chi connectivity index (χ1) is 17.3. The van der Waals surface area contributed by atoms with Crippen molar-refractivity contribution < 1.29 is 23.1 Å². The van der Waals surface area contributed by atoms with Crippen molar-refractivity contribution in [1.82, 2.24) is 9.88 Å². The fourth-order valence-electron chi connectivity index (χ4n) is 4.50. The molecule has 1 saturated heterocycles. The van der Waals surface area contributed by atoms with E-state index in [0.717, 1.165) is 68.9 Å². The summed E-state index contributed by atoms with van der Waals surface area (Å²) in [5.41, 5.74) is 0.911. The summed E-state index contributed by atoms with van der Waals surface area (Å²) in [5.74, 6) is -0.0547. The monoisotopic (exact) mass is 517 g/mol. The molecule has 2 heterocycles. The summed E-state index contributed by atoms with van der Waals surface area (Å²) in [6, 6.07) is 11.9. The predicted octanol–water partition coefficient (Wildman–Crippen LogP) is 6.42. The zero-order chi connectivity index (χ0) is 25.5. The van der Waals surface area contributed by atoms with Crippen molar-refractivity contribution in [2.24, 2.45) is 0 Å². The van der Waals surface area contributed by atoms with Crippen LogP contribution in [0.4, 0.5) is 18.9 Å². The van der Waals surface area contributed by atoms with Crippen molar-refractivity contribution in [3.63, 3.8) is 0 Å². The predicted molar refractivity (Wildman–Crippen MR) is 136 cm³/mol. The minimum Gasteiger partial charge on any atom is -0.396 e. The first kappa shape index (κ1) is 26.3. The van der Waals surface area contributed by atoms with Crippen molar-refractivity contribution in [1.29, 1.82) is 0 Å². The van der Waals surface area contributed by atoms with E-state index in [1.54, 1.807) is 35.7 Å². The number of nitrogens with one attached hydrogen (secondary N) is 1. The van der Waals surface area contributed by atoms with Crippen LogP contribution in [0.5, 0.6) is 0 Å². The van der Waals surface area contributed by atoms with Crippen LogP contribution < -0.4 is 5.32 Å². The van der Waals surface area contributed by atoms with Crippen LogP contribution in [0.1, 0.15) is 59.1 Å². The summed E-state index contributed by atoms with van der Waals surface area (Å²) >= 11 is 1.48. The second-order valence-corrected chi connectivity index (χ2v) is 9.94. The third kappa shape index (κ3) is 6.72. The van der Waals surface area contributed by atoms with E-state index in [2.05, 4.69) is 15.2 Å². The van der Waals surface area contributed by atoms with Crippen molar-refractivity contribution >= 4 is 22.9 Å². The Bertz CT molecular complexity index is 1160. The fourth-order valence-corrected chi connectivity index (χ4v) is 5.47. The highest BCUT2D eigenvalue weighted by atomic mass is 32.1. The Hall–Kier alpha value is -2.75. The third-order valence-corrected chi connectivity index (χ3v) is 7.51. The molecule has 0 radical (unpaired) electrons. The molecule has 5 nitrogen and oxygen atoms in total. The van der Waals surface area contributed by atoms with Crippen LogP contribution in [-0.2, 0) is 6.18 Å². The zero-order valence-electron chi connectivity index (χ0n) is 19.9. The van der Waals surface area contributed by atoms with Gasteiger partial charge in [0, 0.05) is 29.2 Å². The van der Waals surface area contributed by atoms with E-state index in [-0.39, 0.29) is 12.5 Å². The molecule has 1 aliphatic rings. The average Bonchev–Trinajstić information content (AvgIpc) is 3.38. The molecule has 0 saturated carbocycles. The van der Waals surface area contributed by atoms with Crippen LogP contribution >= 0.6 is 11.3 Å². The highest BCUT2D eigenvalue weighted by Crippen LogP contribution is 2.35. The normalized spacial score (nSPS) is 15.2. The maximum absolute atomic E-state index is 13.2. The van der Waals surface area contributed by atoms with Crippen molar-refractivity contribution in [3.8, 4) is 11.1 Å². The van der Waals surface area contributed by atoms with E-state index in [4.69, 9.17) is 5.11 Å². The van der Waals surface area contributed by atoms with Gasteiger partial charge in [0.15, 0.2) is 0 Å². The number of alkyl halides is 3. The number of piperidine rings is 1. The topological polar surface area (TPSA) is 65.5 Å². The van der Waals surface area contributed by atoms with Gasteiger partial charge < -0.3 is 15.3 Å². The van der Waals surface area contributed by atoms with Crippen molar-refractivity contribution in [2.75, 3.05) is 31.6 Å². The number of aliphatic hydroxyl groups excluding tert-OH is 1. The number of aromatic nitrogens is 1. The number of unbranched alkanes of at least 4 members (excludes halogenated alkanes) is 2. The molecule has 0 aliphatic carbocycles. The fraction of sp³-hybridized carbons (Fsp3) is 0.407. The zero-order valence-corrected chi connectivity index (χ0v) is 20.7. The molecule has 0 atom stereocenters. The van der Waals surface area contributed by atoms with Gasteiger partial charge >= 0.3 is 6.18 Å². The molecule has 4 rings (SSSR count). The molecule has 2 N–H and O–H groups in total. The maximum atomic E-state index is 13.2. The van der Waals surface area contributed by atoms with Crippen LogP contribution in [-0.4, -0.2) is 47.1 Å². The summed E-state index contributed by atoms with van der Waals surface area (Å²) in [5, 5.41) is 14.4. The number of likely N-dealkylation sites (tertiary alicyclic amines) is 1.